The number of aryl methyl sites for hydroxylation is 1. The third-order valence-corrected chi connectivity index (χ3v) is 3.26. The van der Waals surface area contributed by atoms with Crippen molar-refractivity contribution >= 4 is 28.1 Å². The van der Waals surface area contributed by atoms with Gasteiger partial charge in [0.25, 0.3) is 5.91 Å². The average Bonchev–Trinajstić information content (AvgIpc) is 2.82. The molecule has 1 aromatic carbocycles. The maximum absolute atomic E-state index is 13.0. The van der Waals surface area contributed by atoms with Gasteiger partial charge in [0.05, 0.1) is 0 Å². The molecule has 1 heterocycles. The molecule has 2 N–H and O–H groups in total. The van der Waals surface area contributed by atoms with Crippen LogP contribution in [0.5, 0.6) is 0 Å². The van der Waals surface area contributed by atoms with Crippen LogP contribution in [0.1, 0.15) is 22.3 Å². The van der Waals surface area contributed by atoms with Gasteiger partial charge in [-0.05, 0) is 37.6 Å². The van der Waals surface area contributed by atoms with Gasteiger partial charge in [-0.15, -0.1) is 10.2 Å². The zero-order valence-electron chi connectivity index (χ0n) is 10.5. The number of benzene rings is 1. The summed E-state index contributed by atoms with van der Waals surface area (Å²) in [5.74, 6) is -0.683. The Morgan fingerprint density at radius 2 is 2.21 bits per heavy atom. The first-order valence-corrected chi connectivity index (χ1v) is 6.56. The van der Waals surface area contributed by atoms with E-state index < -0.39 is 0 Å². The minimum absolute atomic E-state index is 0.264. The first-order chi connectivity index (χ1) is 9.10. The van der Waals surface area contributed by atoms with Gasteiger partial charge in [0.2, 0.25) is 10.1 Å². The highest BCUT2D eigenvalue weighted by atomic mass is 32.1. The largest absolute Gasteiger partial charge is 0.360 e. The maximum Gasteiger partial charge on any atom is 0.286 e. The standard InChI is InChI=1S/C12H13FN4OS/c1-3-14-12-17-16-11(19-12)10(18)15-9-5-4-8(13)6-7(9)2/h4-6H,3H2,1-2H3,(H,14,17)(H,15,18). The van der Waals surface area contributed by atoms with Gasteiger partial charge in [-0.25, -0.2) is 4.39 Å². The van der Waals surface area contributed by atoms with Crippen molar-refractivity contribution in [2.45, 2.75) is 13.8 Å². The van der Waals surface area contributed by atoms with Crippen LogP contribution in [-0.2, 0) is 0 Å². The van der Waals surface area contributed by atoms with E-state index in [1.807, 2.05) is 6.92 Å². The van der Waals surface area contributed by atoms with E-state index in [0.29, 0.717) is 22.9 Å². The van der Waals surface area contributed by atoms with E-state index in [9.17, 15) is 9.18 Å². The van der Waals surface area contributed by atoms with Gasteiger partial charge < -0.3 is 10.6 Å². The van der Waals surface area contributed by atoms with Gasteiger partial charge in [0.1, 0.15) is 5.82 Å². The fraction of sp³-hybridized carbons (Fsp3) is 0.250. The molecule has 1 amide bonds. The summed E-state index contributed by atoms with van der Waals surface area (Å²) in [4.78, 5) is 11.9. The molecule has 0 radical (unpaired) electrons. The number of carbonyl (C=O) groups is 1. The summed E-state index contributed by atoms with van der Waals surface area (Å²) in [6.45, 7) is 4.37. The molecule has 0 spiro atoms. The molecule has 0 saturated heterocycles. The lowest BCUT2D eigenvalue weighted by molar-refractivity contribution is 0.102. The molecular weight excluding hydrogens is 267 g/mol. The second kappa shape index (κ2) is 5.75. The number of carbonyl (C=O) groups excluding carboxylic acids is 1. The third-order valence-electron chi connectivity index (χ3n) is 2.38. The Morgan fingerprint density at radius 1 is 1.42 bits per heavy atom. The Hall–Kier alpha value is -2.02. The molecule has 7 heteroatoms. The molecule has 5 nitrogen and oxygen atoms in total. The third kappa shape index (κ3) is 3.25. The highest BCUT2D eigenvalue weighted by Crippen LogP contribution is 2.19. The van der Waals surface area contributed by atoms with E-state index in [1.54, 1.807) is 6.92 Å². The molecule has 19 heavy (non-hydrogen) atoms. The van der Waals surface area contributed by atoms with Crippen LogP contribution in [0.25, 0.3) is 0 Å². The molecular formula is C12H13FN4OS. The van der Waals surface area contributed by atoms with Crippen LogP contribution in [0.3, 0.4) is 0 Å². The van der Waals surface area contributed by atoms with Gasteiger partial charge >= 0.3 is 0 Å². The van der Waals surface area contributed by atoms with Crippen LogP contribution < -0.4 is 10.6 Å². The summed E-state index contributed by atoms with van der Waals surface area (Å²) in [5.41, 5.74) is 1.22. The van der Waals surface area contributed by atoms with Crippen LogP contribution in [0.2, 0.25) is 0 Å². The number of anilines is 2. The molecule has 0 aliphatic heterocycles. The van der Waals surface area contributed by atoms with Gasteiger partial charge in [0, 0.05) is 12.2 Å². The second-order valence-corrected chi connectivity index (χ2v) is 4.83. The number of hydrogen-bond donors (Lipinski definition) is 2. The molecule has 0 saturated carbocycles. The first kappa shape index (κ1) is 13.4. The van der Waals surface area contributed by atoms with Crippen molar-refractivity contribution in [3.05, 3.63) is 34.6 Å². The number of nitrogens with zero attached hydrogens (tertiary/aromatic N) is 2. The molecule has 0 aliphatic rings. The zero-order valence-corrected chi connectivity index (χ0v) is 11.3. The highest BCUT2D eigenvalue weighted by molar-refractivity contribution is 7.17. The number of hydrogen-bond acceptors (Lipinski definition) is 5. The van der Waals surface area contributed by atoms with E-state index >= 15 is 0 Å². The Labute approximate surface area is 113 Å². The average molecular weight is 280 g/mol. The van der Waals surface area contributed by atoms with E-state index in [0.717, 1.165) is 0 Å². The topological polar surface area (TPSA) is 66.9 Å². The number of amides is 1. The molecule has 0 aliphatic carbocycles. The SMILES string of the molecule is CCNc1nnc(C(=O)Nc2ccc(F)cc2C)s1. The molecule has 0 unspecified atom stereocenters. The van der Waals surface area contributed by atoms with Gasteiger partial charge in [0.15, 0.2) is 0 Å². The van der Waals surface area contributed by atoms with Gasteiger partial charge in [-0.1, -0.05) is 11.3 Å². The van der Waals surface area contributed by atoms with Crippen molar-refractivity contribution in [3.63, 3.8) is 0 Å². The first-order valence-electron chi connectivity index (χ1n) is 5.75. The summed E-state index contributed by atoms with van der Waals surface area (Å²) in [6, 6.07) is 4.18. The van der Waals surface area contributed by atoms with Gasteiger partial charge in [-0.2, -0.15) is 0 Å². The molecule has 2 aromatic rings. The monoisotopic (exact) mass is 280 g/mol. The predicted octanol–water partition coefficient (Wildman–Crippen LogP) is 2.67. The summed E-state index contributed by atoms with van der Waals surface area (Å²) in [7, 11) is 0. The number of nitrogens with one attached hydrogen (secondary N) is 2. The minimum Gasteiger partial charge on any atom is -0.360 e. The van der Waals surface area contributed by atoms with Crippen molar-refractivity contribution in [3.8, 4) is 0 Å². The summed E-state index contributed by atoms with van der Waals surface area (Å²) >= 11 is 1.17. The van der Waals surface area contributed by atoms with Crippen molar-refractivity contribution in [2.75, 3.05) is 17.2 Å². The lowest BCUT2D eigenvalue weighted by Crippen LogP contribution is -2.12. The molecule has 0 fully saturated rings. The van der Waals surface area contributed by atoms with Gasteiger partial charge in [-0.3, -0.25) is 4.79 Å². The molecule has 0 atom stereocenters. The molecule has 100 valence electrons. The van der Waals surface area contributed by atoms with E-state index in [2.05, 4.69) is 20.8 Å². The Balaban J connectivity index is 2.11. The minimum atomic E-state index is -0.351. The van der Waals surface area contributed by atoms with Crippen molar-refractivity contribution in [1.82, 2.24) is 10.2 Å². The quantitative estimate of drug-likeness (QED) is 0.903. The lowest BCUT2D eigenvalue weighted by atomic mass is 10.2. The van der Waals surface area contributed by atoms with Crippen LogP contribution in [-0.4, -0.2) is 22.6 Å². The zero-order chi connectivity index (χ0) is 13.8. The molecule has 1 aromatic heterocycles. The smallest absolute Gasteiger partial charge is 0.286 e. The van der Waals surface area contributed by atoms with E-state index in [4.69, 9.17) is 0 Å². The molecule has 2 rings (SSSR count). The Morgan fingerprint density at radius 3 is 2.89 bits per heavy atom. The number of aromatic nitrogens is 2. The van der Waals surface area contributed by atoms with Crippen molar-refractivity contribution < 1.29 is 9.18 Å². The molecule has 0 bridgehead atoms. The van der Waals surface area contributed by atoms with Crippen molar-refractivity contribution in [2.24, 2.45) is 0 Å². The summed E-state index contributed by atoms with van der Waals surface area (Å²) in [5, 5.41) is 14.2. The van der Waals surface area contributed by atoms with E-state index in [1.165, 1.54) is 29.5 Å². The highest BCUT2D eigenvalue weighted by Gasteiger charge is 2.13. The van der Waals surface area contributed by atoms with Crippen LogP contribution >= 0.6 is 11.3 Å². The fourth-order valence-electron chi connectivity index (χ4n) is 1.48. The summed E-state index contributed by atoms with van der Waals surface area (Å²) in [6.07, 6.45) is 0. The van der Waals surface area contributed by atoms with Crippen LogP contribution in [0, 0.1) is 12.7 Å². The maximum atomic E-state index is 13.0. The normalized spacial score (nSPS) is 10.3. The number of halogens is 1. The Kier molecular flexibility index (Phi) is 4.06. The predicted molar refractivity (Wildman–Crippen MR) is 73.2 cm³/mol. The Bertz CT molecular complexity index is 599. The van der Waals surface area contributed by atoms with E-state index in [-0.39, 0.29) is 16.7 Å². The van der Waals surface area contributed by atoms with Crippen LogP contribution in [0.4, 0.5) is 15.2 Å². The van der Waals surface area contributed by atoms with Crippen molar-refractivity contribution in [1.29, 1.82) is 0 Å². The summed E-state index contributed by atoms with van der Waals surface area (Å²) < 4.78 is 13.0. The fourth-order valence-corrected chi connectivity index (χ4v) is 2.19. The number of rotatable bonds is 4. The lowest BCUT2D eigenvalue weighted by Gasteiger charge is -2.06. The van der Waals surface area contributed by atoms with Crippen LogP contribution in [0.15, 0.2) is 18.2 Å². The second-order valence-electron chi connectivity index (χ2n) is 3.86.